The van der Waals surface area contributed by atoms with Crippen molar-refractivity contribution in [2.75, 3.05) is 31.6 Å². The predicted molar refractivity (Wildman–Crippen MR) is 98.4 cm³/mol. The molecule has 0 aliphatic carbocycles. The highest BCUT2D eigenvalue weighted by molar-refractivity contribution is 5.89. The molecule has 0 aromatic heterocycles. The summed E-state index contributed by atoms with van der Waals surface area (Å²) in [5.41, 5.74) is 0.349. The number of amides is 3. The molecule has 10 heteroatoms. The summed E-state index contributed by atoms with van der Waals surface area (Å²) in [6.45, 7) is 2.34. The molecule has 2 saturated heterocycles. The Bertz CT molecular complexity index is 698. The van der Waals surface area contributed by atoms with E-state index >= 15 is 0 Å². The van der Waals surface area contributed by atoms with Crippen LogP contribution < -0.4 is 15.4 Å². The fraction of sp³-hybridized carbons (Fsp3) is 0.579. The summed E-state index contributed by atoms with van der Waals surface area (Å²) in [5.74, 6) is -0.307. The minimum absolute atomic E-state index is 0.0687. The number of carbonyl (C=O) groups excluding carboxylic acids is 2. The third kappa shape index (κ3) is 6.52. The third-order valence-electron chi connectivity index (χ3n) is 5.00. The number of rotatable bonds is 4. The van der Waals surface area contributed by atoms with Gasteiger partial charge in [0.2, 0.25) is 5.91 Å². The number of urea groups is 1. The van der Waals surface area contributed by atoms with Crippen molar-refractivity contribution in [3.8, 4) is 5.75 Å². The number of likely N-dealkylation sites (tertiary alicyclic amines) is 1. The number of halogens is 3. The molecule has 3 rings (SSSR count). The average Bonchev–Trinajstić information content (AvgIpc) is 2.69. The number of carbonyl (C=O) groups is 2. The molecule has 29 heavy (non-hydrogen) atoms. The van der Waals surface area contributed by atoms with Crippen LogP contribution in [0, 0.1) is 5.92 Å². The van der Waals surface area contributed by atoms with E-state index < -0.39 is 12.4 Å². The van der Waals surface area contributed by atoms with Gasteiger partial charge in [0.05, 0.1) is 12.5 Å². The van der Waals surface area contributed by atoms with E-state index in [1.165, 1.54) is 12.1 Å². The molecule has 0 radical (unpaired) electrons. The van der Waals surface area contributed by atoms with E-state index in [-0.39, 0.29) is 23.6 Å². The molecule has 0 spiro atoms. The number of anilines is 1. The van der Waals surface area contributed by atoms with Crippen LogP contribution in [0.4, 0.5) is 23.7 Å². The molecule has 0 bridgehead atoms. The first kappa shape index (κ1) is 21.2. The summed E-state index contributed by atoms with van der Waals surface area (Å²) in [7, 11) is 0. The van der Waals surface area contributed by atoms with Crippen molar-refractivity contribution in [2.45, 2.75) is 38.1 Å². The molecule has 1 unspecified atom stereocenters. The van der Waals surface area contributed by atoms with Crippen LogP contribution in [0.2, 0.25) is 0 Å². The first-order chi connectivity index (χ1) is 13.8. The molecule has 0 saturated carbocycles. The third-order valence-corrected chi connectivity index (χ3v) is 5.00. The van der Waals surface area contributed by atoms with E-state index in [4.69, 9.17) is 4.74 Å². The van der Waals surface area contributed by atoms with Gasteiger partial charge in [0, 0.05) is 31.4 Å². The lowest BCUT2D eigenvalue weighted by molar-refractivity contribution is -0.274. The zero-order valence-corrected chi connectivity index (χ0v) is 15.8. The van der Waals surface area contributed by atoms with Gasteiger partial charge in [0.25, 0.3) is 0 Å². The Morgan fingerprint density at radius 2 is 1.79 bits per heavy atom. The largest absolute Gasteiger partial charge is 0.573 e. The molecule has 1 aromatic rings. The maximum atomic E-state index is 12.5. The van der Waals surface area contributed by atoms with Crippen molar-refractivity contribution in [3.05, 3.63) is 24.3 Å². The maximum Gasteiger partial charge on any atom is 0.573 e. The molecule has 1 atom stereocenters. The maximum absolute atomic E-state index is 12.5. The number of hydrogen-bond donors (Lipinski definition) is 2. The highest BCUT2D eigenvalue weighted by atomic mass is 19.4. The summed E-state index contributed by atoms with van der Waals surface area (Å²) in [6.07, 6.45) is -1.72. The summed E-state index contributed by atoms with van der Waals surface area (Å²) in [6, 6.07) is 4.39. The van der Waals surface area contributed by atoms with Crippen LogP contribution >= 0.6 is 0 Å². The second-order valence-electron chi connectivity index (χ2n) is 7.18. The smallest absolute Gasteiger partial charge is 0.406 e. The quantitative estimate of drug-likeness (QED) is 0.792. The van der Waals surface area contributed by atoms with Crippen molar-refractivity contribution in [2.24, 2.45) is 5.92 Å². The average molecular weight is 415 g/mol. The van der Waals surface area contributed by atoms with Crippen LogP contribution in [0.3, 0.4) is 0 Å². The molecule has 160 valence electrons. The second-order valence-corrected chi connectivity index (χ2v) is 7.18. The lowest BCUT2D eigenvalue weighted by Gasteiger charge is -2.35. The van der Waals surface area contributed by atoms with Crippen LogP contribution in [0.15, 0.2) is 24.3 Å². The monoisotopic (exact) mass is 415 g/mol. The number of nitrogens with zero attached hydrogens (tertiary/aromatic N) is 1. The Labute approximate surface area is 166 Å². The van der Waals surface area contributed by atoms with E-state index in [1.54, 1.807) is 0 Å². The molecule has 2 N–H and O–H groups in total. The number of piperidine rings is 1. The zero-order valence-electron chi connectivity index (χ0n) is 15.8. The lowest BCUT2D eigenvalue weighted by Crippen LogP contribution is -2.49. The Hall–Kier alpha value is -2.49. The van der Waals surface area contributed by atoms with E-state index in [9.17, 15) is 22.8 Å². The topological polar surface area (TPSA) is 79.9 Å². The van der Waals surface area contributed by atoms with Gasteiger partial charge in [-0.2, -0.15) is 0 Å². The van der Waals surface area contributed by atoms with Gasteiger partial charge in [-0.25, -0.2) is 4.79 Å². The fourth-order valence-corrected chi connectivity index (χ4v) is 3.53. The summed E-state index contributed by atoms with van der Waals surface area (Å²) in [5, 5.41) is 5.42. The summed E-state index contributed by atoms with van der Waals surface area (Å²) >= 11 is 0. The lowest BCUT2D eigenvalue weighted by atomic mass is 9.98. The summed E-state index contributed by atoms with van der Waals surface area (Å²) in [4.78, 5) is 26.5. The van der Waals surface area contributed by atoms with Crippen molar-refractivity contribution < 1.29 is 32.2 Å². The molecule has 3 amide bonds. The normalized spacial score (nSPS) is 20.8. The Kier molecular flexibility index (Phi) is 6.83. The van der Waals surface area contributed by atoms with Crippen LogP contribution in [0.5, 0.6) is 5.75 Å². The molecule has 2 heterocycles. The number of benzene rings is 1. The van der Waals surface area contributed by atoms with Gasteiger partial charge in [0.1, 0.15) is 5.75 Å². The molecular formula is C19H24F3N3O4. The second kappa shape index (κ2) is 9.34. The SMILES string of the molecule is O=C(Nc1ccc(OC(F)(F)F)cc1)NC1CCN(C(=O)C2CCCOC2)CC1. The minimum Gasteiger partial charge on any atom is -0.406 e. The van der Waals surface area contributed by atoms with Gasteiger partial charge in [-0.05, 0) is 49.9 Å². The van der Waals surface area contributed by atoms with Crippen LogP contribution in [0.25, 0.3) is 0 Å². The van der Waals surface area contributed by atoms with E-state index in [2.05, 4.69) is 15.4 Å². The van der Waals surface area contributed by atoms with Crippen molar-refractivity contribution >= 4 is 17.6 Å². The molecule has 7 nitrogen and oxygen atoms in total. The number of ether oxygens (including phenoxy) is 2. The summed E-state index contributed by atoms with van der Waals surface area (Å²) < 4.78 is 45.7. The van der Waals surface area contributed by atoms with Crippen LogP contribution in [-0.4, -0.2) is 55.5 Å². The number of alkyl halides is 3. The highest BCUT2D eigenvalue weighted by Crippen LogP contribution is 2.24. The van der Waals surface area contributed by atoms with Crippen molar-refractivity contribution in [1.82, 2.24) is 10.2 Å². The molecular weight excluding hydrogens is 391 g/mol. The standard InChI is InChI=1S/C19H24F3N3O4/c20-19(21,22)29-16-5-3-14(4-6-16)23-18(27)24-15-7-9-25(10-8-15)17(26)13-2-1-11-28-12-13/h3-6,13,15H,1-2,7-12H2,(H2,23,24,27). The van der Waals surface area contributed by atoms with E-state index in [0.717, 1.165) is 25.0 Å². The van der Waals surface area contributed by atoms with Crippen molar-refractivity contribution in [1.29, 1.82) is 0 Å². The molecule has 2 aliphatic rings. The predicted octanol–water partition coefficient (Wildman–Crippen LogP) is 3.12. The Morgan fingerprint density at radius 1 is 1.10 bits per heavy atom. The van der Waals surface area contributed by atoms with Gasteiger partial charge in [0.15, 0.2) is 0 Å². The number of nitrogens with one attached hydrogen (secondary N) is 2. The van der Waals surface area contributed by atoms with Crippen LogP contribution in [0.1, 0.15) is 25.7 Å². The molecule has 1 aromatic carbocycles. The van der Waals surface area contributed by atoms with Gasteiger partial charge in [-0.15, -0.1) is 13.2 Å². The minimum atomic E-state index is -4.76. The Morgan fingerprint density at radius 3 is 2.38 bits per heavy atom. The van der Waals surface area contributed by atoms with E-state index in [1.807, 2.05) is 4.90 Å². The van der Waals surface area contributed by atoms with Gasteiger partial charge in [-0.3, -0.25) is 4.79 Å². The van der Waals surface area contributed by atoms with Crippen molar-refractivity contribution in [3.63, 3.8) is 0 Å². The van der Waals surface area contributed by atoms with Gasteiger partial charge >= 0.3 is 12.4 Å². The first-order valence-electron chi connectivity index (χ1n) is 9.60. The first-order valence-corrected chi connectivity index (χ1v) is 9.60. The van der Waals surface area contributed by atoms with E-state index in [0.29, 0.717) is 44.8 Å². The highest BCUT2D eigenvalue weighted by Gasteiger charge is 2.31. The molecule has 2 fully saturated rings. The van der Waals surface area contributed by atoms with Gasteiger partial charge < -0.3 is 25.0 Å². The van der Waals surface area contributed by atoms with Crippen LogP contribution in [-0.2, 0) is 9.53 Å². The Balaban J connectivity index is 1.41. The fourth-order valence-electron chi connectivity index (χ4n) is 3.53. The van der Waals surface area contributed by atoms with Gasteiger partial charge in [-0.1, -0.05) is 0 Å². The zero-order chi connectivity index (χ0) is 20.9. The molecule has 2 aliphatic heterocycles. The number of hydrogen-bond acceptors (Lipinski definition) is 4.